The van der Waals surface area contributed by atoms with E-state index >= 15 is 0 Å². The Bertz CT molecular complexity index is 1420. The molecule has 0 saturated carbocycles. The fourth-order valence-electron chi connectivity index (χ4n) is 4.81. The summed E-state index contributed by atoms with van der Waals surface area (Å²) in [5.41, 5.74) is 1.65. The summed E-state index contributed by atoms with van der Waals surface area (Å²) in [4.78, 5) is 28.0. The normalized spacial score (nSPS) is 17.9. The van der Waals surface area contributed by atoms with Crippen molar-refractivity contribution >= 4 is 23.1 Å². The molecule has 190 valence electrons. The van der Waals surface area contributed by atoms with Crippen molar-refractivity contribution in [3.05, 3.63) is 76.9 Å². The predicted molar refractivity (Wildman–Crippen MR) is 135 cm³/mol. The van der Waals surface area contributed by atoms with Gasteiger partial charge in [0.1, 0.15) is 17.3 Å². The van der Waals surface area contributed by atoms with Crippen molar-refractivity contribution in [1.82, 2.24) is 0 Å². The quantitative estimate of drug-likeness (QED) is 0.295. The van der Waals surface area contributed by atoms with E-state index < -0.39 is 17.7 Å². The molecule has 5 rings (SSSR count). The molecule has 1 amide bonds. The van der Waals surface area contributed by atoms with Crippen LogP contribution in [0.3, 0.4) is 0 Å². The van der Waals surface area contributed by atoms with Crippen LogP contribution in [0.15, 0.2) is 60.2 Å². The van der Waals surface area contributed by atoms with E-state index in [1.54, 1.807) is 42.5 Å². The summed E-state index contributed by atoms with van der Waals surface area (Å²) < 4.78 is 22.0. The van der Waals surface area contributed by atoms with E-state index in [1.165, 1.54) is 38.4 Å². The standard InChI is InChI=1S/C28H25NO8/c1-34-21-13-17(14-22(35-2)27(21)36-3)24-23(25(31)16-8-9-20-15(12-16)10-11-37-20)26(32)28(33)29(24)18-6-4-5-7-19(18)30/h4-9,12-14,24,30-31H,10-11H2,1-3H3/b25-23+. The molecule has 2 N–H and O–H groups in total. The third-order valence-electron chi connectivity index (χ3n) is 6.55. The minimum Gasteiger partial charge on any atom is -0.507 e. The molecule has 2 aliphatic rings. The van der Waals surface area contributed by atoms with Crippen LogP contribution in [0.4, 0.5) is 5.69 Å². The number of ether oxygens (including phenoxy) is 4. The fraction of sp³-hybridized carbons (Fsp3) is 0.214. The molecule has 0 aromatic heterocycles. The summed E-state index contributed by atoms with van der Waals surface area (Å²) in [7, 11) is 4.37. The van der Waals surface area contributed by atoms with Gasteiger partial charge in [-0.1, -0.05) is 12.1 Å². The van der Waals surface area contributed by atoms with Crippen LogP contribution in [-0.4, -0.2) is 49.8 Å². The third kappa shape index (κ3) is 3.88. The number of Topliss-reactive ketones (excluding diaryl/α,β-unsaturated/α-hetero) is 1. The van der Waals surface area contributed by atoms with E-state index in [-0.39, 0.29) is 22.8 Å². The molecule has 1 saturated heterocycles. The lowest BCUT2D eigenvalue weighted by atomic mass is 9.93. The molecular weight excluding hydrogens is 478 g/mol. The molecule has 1 fully saturated rings. The number of rotatable bonds is 6. The average molecular weight is 504 g/mol. The number of anilines is 1. The van der Waals surface area contributed by atoms with Gasteiger partial charge in [0.25, 0.3) is 11.7 Å². The first-order valence-corrected chi connectivity index (χ1v) is 11.5. The van der Waals surface area contributed by atoms with Crippen molar-refractivity contribution < 1.29 is 38.7 Å². The van der Waals surface area contributed by atoms with Crippen LogP contribution in [0.5, 0.6) is 28.7 Å². The van der Waals surface area contributed by atoms with Crippen LogP contribution in [0.25, 0.3) is 5.76 Å². The lowest BCUT2D eigenvalue weighted by Crippen LogP contribution is -2.29. The van der Waals surface area contributed by atoms with Gasteiger partial charge < -0.3 is 29.2 Å². The van der Waals surface area contributed by atoms with Crippen LogP contribution in [-0.2, 0) is 16.0 Å². The van der Waals surface area contributed by atoms with Crippen molar-refractivity contribution in [2.45, 2.75) is 12.5 Å². The van der Waals surface area contributed by atoms with Gasteiger partial charge in [0, 0.05) is 12.0 Å². The molecule has 0 bridgehead atoms. The van der Waals surface area contributed by atoms with E-state index in [1.807, 2.05) is 0 Å². The van der Waals surface area contributed by atoms with Crippen molar-refractivity contribution in [1.29, 1.82) is 0 Å². The Morgan fingerprint density at radius 3 is 2.32 bits per heavy atom. The first-order valence-electron chi connectivity index (χ1n) is 11.5. The van der Waals surface area contributed by atoms with Gasteiger partial charge in [0.15, 0.2) is 11.5 Å². The number of benzene rings is 3. The summed E-state index contributed by atoms with van der Waals surface area (Å²) in [6, 6.07) is 13.4. The molecular formula is C28H25NO8. The number of hydrogen-bond acceptors (Lipinski definition) is 8. The number of aromatic hydroxyl groups is 1. The van der Waals surface area contributed by atoms with Crippen molar-refractivity contribution in [2.75, 3.05) is 32.8 Å². The molecule has 9 nitrogen and oxygen atoms in total. The Morgan fingerprint density at radius 1 is 0.973 bits per heavy atom. The first-order chi connectivity index (χ1) is 17.9. The van der Waals surface area contributed by atoms with Gasteiger partial charge >= 0.3 is 0 Å². The average Bonchev–Trinajstić information content (AvgIpc) is 3.49. The van der Waals surface area contributed by atoms with E-state index in [0.29, 0.717) is 47.2 Å². The molecule has 3 aromatic rings. The number of fused-ring (bicyclic) bond motifs is 1. The van der Waals surface area contributed by atoms with E-state index in [4.69, 9.17) is 18.9 Å². The number of phenols is 1. The van der Waals surface area contributed by atoms with Gasteiger partial charge in [-0.2, -0.15) is 0 Å². The Morgan fingerprint density at radius 2 is 1.68 bits per heavy atom. The number of methoxy groups -OCH3 is 3. The number of aliphatic hydroxyl groups excluding tert-OH is 1. The maximum Gasteiger partial charge on any atom is 0.300 e. The second-order valence-corrected chi connectivity index (χ2v) is 8.54. The molecule has 0 spiro atoms. The number of nitrogens with zero attached hydrogens (tertiary/aromatic N) is 1. The predicted octanol–water partition coefficient (Wildman–Crippen LogP) is 3.98. The smallest absolute Gasteiger partial charge is 0.300 e. The summed E-state index contributed by atoms with van der Waals surface area (Å²) in [6.45, 7) is 0.530. The number of para-hydroxylation sites is 2. The second-order valence-electron chi connectivity index (χ2n) is 8.54. The van der Waals surface area contributed by atoms with Crippen molar-refractivity contribution in [3.63, 3.8) is 0 Å². The number of ketones is 1. The lowest BCUT2D eigenvalue weighted by Gasteiger charge is -2.27. The molecule has 1 unspecified atom stereocenters. The van der Waals surface area contributed by atoms with Gasteiger partial charge in [-0.05, 0) is 53.6 Å². The maximum absolute atomic E-state index is 13.5. The SMILES string of the molecule is COc1cc(C2/C(=C(\O)c3ccc4c(c3)CCO4)C(=O)C(=O)N2c2ccccc2O)cc(OC)c1OC. The molecule has 2 heterocycles. The first kappa shape index (κ1) is 24.1. The molecule has 2 aliphatic heterocycles. The summed E-state index contributed by atoms with van der Waals surface area (Å²) in [6.07, 6.45) is 0.666. The summed E-state index contributed by atoms with van der Waals surface area (Å²) >= 11 is 0. The van der Waals surface area contributed by atoms with Crippen LogP contribution < -0.4 is 23.8 Å². The maximum atomic E-state index is 13.5. The zero-order valence-corrected chi connectivity index (χ0v) is 20.5. The number of phenolic OH excluding ortho intramolecular Hbond substituents is 1. The molecule has 9 heteroatoms. The van der Waals surface area contributed by atoms with E-state index in [0.717, 1.165) is 5.56 Å². The lowest BCUT2D eigenvalue weighted by molar-refractivity contribution is -0.132. The third-order valence-corrected chi connectivity index (χ3v) is 6.55. The second kappa shape index (κ2) is 9.42. The van der Waals surface area contributed by atoms with Crippen molar-refractivity contribution in [2.24, 2.45) is 0 Å². The zero-order chi connectivity index (χ0) is 26.3. The highest BCUT2D eigenvalue weighted by molar-refractivity contribution is 6.52. The van der Waals surface area contributed by atoms with E-state index in [2.05, 4.69) is 0 Å². The highest BCUT2D eigenvalue weighted by Gasteiger charge is 2.48. The largest absolute Gasteiger partial charge is 0.507 e. The van der Waals surface area contributed by atoms with E-state index in [9.17, 15) is 19.8 Å². The van der Waals surface area contributed by atoms with Crippen LogP contribution in [0, 0.1) is 0 Å². The minimum absolute atomic E-state index is 0.116. The van der Waals surface area contributed by atoms with Crippen LogP contribution in [0.2, 0.25) is 0 Å². The Labute approximate surface area is 213 Å². The minimum atomic E-state index is -1.11. The Balaban J connectivity index is 1.77. The van der Waals surface area contributed by atoms with Gasteiger partial charge in [-0.15, -0.1) is 0 Å². The Hall–Kier alpha value is -4.66. The van der Waals surface area contributed by atoms with Crippen molar-refractivity contribution in [3.8, 4) is 28.7 Å². The molecule has 37 heavy (non-hydrogen) atoms. The summed E-state index contributed by atoms with van der Waals surface area (Å²) in [5.74, 6) is -0.688. The van der Waals surface area contributed by atoms with Gasteiger partial charge in [-0.3, -0.25) is 14.5 Å². The molecule has 0 radical (unpaired) electrons. The van der Waals surface area contributed by atoms with Crippen LogP contribution in [0.1, 0.15) is 22.7 Å². The molecule has 0 aliphatic carbocycles. The van der Waals surface area contributed by atoms with Gasteiger partial charge in [0.2, 0.25) is 5.75 Å². The van der Waals surface area contributed by atoms with Crippen LogP contribution >= 0.6 is 0 Å². The number of aliphatic hydroxyl groups is 1. The summed E-state index contributed by atoms with van der Waals surface area (Å²) in [5, 5.41) is 22.1. The highest BCUT2D eigenvalue weighted by Crippen LogP contribution is 2.48. The highest BCUT2D eigenvalue weighted by atomic mass is 16.5. The Kier molecular flexibility index (Phi) is 6.12. The number of hydrogen-bond donors (Lipinski definition) is 2. The van der Waals surface area contributed by atoms with Gasteiger partial charge in [0.05, 0.1) is 45.2 Å². The monoisotopic (exact) mass is 503 g/mol. The topological polar surface area (TPSA) is 115 Å². The number of carbonyl (C=O) groups excluding carboxylic acids is 2. The fourth-order valence-corrected chi connectivity index (χ4v) is 4.81. The molecule has 1 atom stereocenters. The number of amides is 1. The molecule has 3 aromatic carbocycles. The van der Waals surface area contributed by atoms with Gasteiger partial charge in [-0.25, -0.2) is 0 Å². The zero-order valence-electron chi connectivity index (χ0n) is 20.5. The number of carbonyl (C=O) groups is 2.